The van der Waals surface area contributed by atoms with Crippen molar-refractivity contribution >= 4 is 33.3 Å². The number of aryl methyl sites for hydroxylation is 1. The lowest BCUT2D eigenvalue weighted by Gasteiger charge is -2.15. The van der Waals surface area contributed by atoms with Crippen LogP contribution in [0.2, 0.25) is 10.0 Å². The largest absolute Gasteiger partial charge is 0.489 e. The van der Waals surface area contributed by atoms with E-state index in [0.29, 0.717) is 57.3 Å². The predicted molar refractivity (Wildman–Crippen MR) is 115 cm³/mol. The van der Waals surface area contributed by atoms with Crippen molar-refractivity contribution in [3.05, 3.63) is 81.6 Å². The Morgan fingerprint density at radius 3 is 2.47 bits per heavy atom. The summed E-state index contributed by atoms with van der Waals surface area (Å²) >= 11 is 12.6. The molecular formula is C22H17Cl2FO4S. The molecule has 156 valence electrons. The number of hydrogen-bond donors (Lipinski definition) is 1. The number of rotatable bonds is 5. The first-order chi connectivity index (χ1) is 14.2. The zero-order valence-electron chi connectivity index (χ0n) is 15.6. The molecule has 0 radical (unpaired) electrons. The van der Waals surface area contributed by atoms with Gasteiger partial charge < -0.3 is 4.74 Å². The molecule has 1 unspecified atom stereocenters. The molecule has 1 aliphatic heterocycles. The molecule has 4 nitrogen and oxygen atoms in total. The topological polar surface area (TPSA) is 63.6 Å². The first-order valence-electron chi connectivity index (χ1n) is 9.23. The van der Waals surface area contributed by atoms with Crippen LogP contribution in [0.3, 0.4) is 0 Å². The Labute approximate surface area is 184 Å². The summed E-state index contributed by atoms with van der Waals surface area (Å²) in [5.41, 5.74) is 2.20. The molecule has 0 amide bonds. The zero-order valence-corrected chi connectivity index (χ0v) is 17.9. The quantitative estimate of drug-likeness (QED) is 0.469. The number of ether oxygens (including phenoxy) is 1. The van der Waals surface area contributed by atoms with Gasteiger partial charge in [0.05, 0.1) is 14.9 Å². The summed E-state index contributed by atoms with van der Waals surface area (Å²) in [5.74, 6) is 0.111. The molecule has 4 rings (SSSR count). The molecule has 0 spiro atoms. The highest BCUT2D eigenvalue weighted by atomic mass is 35.5. The van der Waals surface area contributed by atoms with E-state index >= 15 is 0 Å². The van der Waals surface area contributed by atoms with Crippen LogP contribution in [0.5, 0.6) is 5.75 Å². The van der Waals surface area contributed by atoms with Gasteiger partial charge in [-0.25, -0.2) is 4.39 Å². The molecule has 30 heavy (non-hydrogen) atoms. The van der Waals surface area contributed by atoms with E-state index in [-0.39, 0.29) is 11.0 Å². The molecule has 0 aliphatic carbocycles. The van der Waals surface area contributed by atoms with Crippen LogP contribution in [-0.2, 0) is 23.0 Å². The predicted octanol–water partition coefficient (Wildman–Crippen LogP) is 5.98. The first kappa shape index (κ1) is 21.1. The Balaban J connectivity index is 1.61. The van der Waals surface area contributed by atoms with Crippen molar-refractivity contribution in [3.63, 3.8) is 0 Å². The lowest BCUT2D eigenvalue weighted by molar-refractivity contribution is 0.222. The van der Waals surface area contributed by atoms with E-state index in [2.05, 4.69) is 0 Å². The van der Waals surface area contributed by atoms with Gasteiger partial charge in [0, 0.05) is 23.1 Å². The Morgan fingerprint density at radius 2 is 1.77 bits per heavy atom. The van der Waals surface area contributed by atoms with Crippen molar-refractivity contribution in [3.8, 4) is 16.9 Å². The Kier molecular flexibility index (Phi) is 5.77. The molecule has 0 bridgehead atoms. The van der Waals surface area contributed by atoms with Gasteiger partial charge in [0.2, 0.25) is 0 Å². The van der Waals surface area contributed by atoms with Crippen LogP contribution < -0.4 is 4.74 Å². The number of fused-ring (bicyclic) bond motifs is 1. The van der Waals surface area contributed by atoms with Gasteiger partial charge in [0.1, 0.15) is 17.7 Å². The molecule has 3 aromatic rings. The average Bonchev–Trinajstić information content (AvgIpc) is 3.08. The van der Waals surface area contributed by atoms with Crippen molar-refractivity contribution in [1.29, 1.82) is 0 Å². The van der Waals surface area contributed by atoms with Gasteiger partial charge in [-0.3, -0.25) is 4.55 Å². The lowest BCUT2D eigenvalue weighted by atomic mass is 9.99. The first-order valence-corrected chi connectivity index (χ1v) is 11.4. The maximum absolute atomic E-state index is 14.3. The summed E-state index contributed by atoms with van der Waals surface area (Å²) in [6, 6.07) is 14.1. The molecule has 3 aromatic carbocycles. The lowest BCUT2D eigenvalue weighted by Crippen LogP contribution is -2.15. The minimum Gasteiger partial charge on any atom is -0.489 e. The minimum atomic E-state index is -4.31. The normalized spacial score (nSPS) is 15.7. The van der Waals surface area contributed by atoms with Crippen molar-refractivity contribution in [2.75, 3.05) is 0 Å². The highest BCUT2D eigenvalue weighted by Crippen LogP contribution is 2.45. The van der Waals surface area contributed by atoms with Crippen molar-refractivity contribution in [2.45, 2.75) is 30.3 Å². The third-order valence-electron chi connectivity index (χ3n) is 5.08. The second-order valence-electron chi connectivity index (χ2n) is 7.10. The molecule has 0 fully saturated rings. The zero-order chi connectivity index (χ0) is 21.5. The van der Waals surface area contributed by atoms with E-state index in [0.717, 1.165) is 0 Å². The summed E-state index contributed by atoms with van der Waals surface area (Å²) in [6.07, 6.45) is 1.05. The highest BCUT2D eigenvalue weighted by Gasteiger charge is 2.29. The van der Waals surface area contributed by atoms with E-state index in [1.165, 1.54) is 18.2 Å². The smallest absolute Gasteiger partial charge is 0.294 e. The van der Waals surface area contributed by atoms with Gasteiger partial charge in [-0.2, -0.15) is 8.42 Å². The van der Waals surface area contributed by atoms with Gasteiger partial charge in [-0.1, -0.05) is 47.5 Å². The monoisotopic (exact) mass is 466 g/mol. The third-order valence-corrected chi connectivity index (χ3v) is 6.67. The Bertz CT molecular complexity index is 1210. The van der Waals surface area contributed by atoms with Crippen molar-refractivity contribution in [2.24, 2.45) is 0 Å². The van der Waals surface area contributed by atoms with E-state index < -0.39 is 15.9 Å². The maximum atomic E-state index is 14.3. The summed E-state index contributed by atoms with van der Waals surface area (Å²) in [4.78, 5) is -0.116. The van der Waals surface area contributed by atoms with Crippen LogP contribution in [0, 0.1) is 5.82 Å². The molecule has 1 N–H and O–H groups in total. The van der Waals surface area contributed by atoms with Gasteiger partial charge in [0.25, 0.3) is 10.1 Å². The molecular weight excluding hydrogens is 450 g/mol. The summed E-state index contributed by atoms with van der Waals surface area (Å²) in [7, 11) is -4.31. The van der Waals surface area contributed by atoms with Gasteiger partial charge >= 0.3 is 0 Å². The van der Waals surface area contributed by atoms with Crippen LogP contribution in [-0.4, -0.2) is 19.1 Å². The molecule has 0 aromatic heterocycles. The average molecular weight is 467 g/mol. The number of halogens is 3. The molecule has 1 atom stereocenters. The van der Waals surface area contributed by atoms with Crippen LogP contribution >= 0.6 is 23.2 Å². The molecule has 0 saturated heterocycles. The van der Waals surface area contributed by atoms with E-state index in [1.54, 1.807) is 36.4 Å². The second kappa shape index (κ2) is 8.19. The highest BCUT2D eigenvalue weighted by molar-refractivity contribution is 7.85. The van der Waals surface area contributed by atoms with Gasteiger partial charge in [0.15, 0.2) is 0 Å². The van der Waals surface area contributed by atoms with Crippen LogP contribution in [0.25, 0.3) is 11.1 Å². The van der Waals surface area contributed by atoms with Gasteiger partial charge in [-0.05, 0) is 48.7 Å². The number of benzene rings is 3. The standard InChI is InChI=1S/C22H17Cl2FO4S/c23-18-5-3-6-19(24)21(18)17-12-15(25)10-14-11-16(29-22(14)17)9-8-13-4-1-2-7-20(13)30(26,27)28/h1-7,10,12,16H,8-9,11H2,(H,26,27,28). The summed E-state index contributed by atoms with van der Waals surface area (Å²) < 4.78 is 53.0. The fourth-order valence-corrected chi connectivity index (χ4v) is 5.13. The fourth-order valence-electron chi connectivity index (χ4n) is 3.77. The SMILES string of the molecule is O=S(=O)(O)c1ccccc1CCC1Cc2cc(F)cc(-c3c(Cl)cccc3Cl)c2O1. The fraction of sp³-hybridized carbons (Fsp3) is 0.182. The van der Waals surface area contributed by atoms with Gasteiger partial charge in [-0.15, -0.1) is 0 Å². The minimum absolute atomic E-state index is 0.116. The van der Waals surface area contributed by atoms with E-state index in [9.17, 15) is 17.4 Å². The van der Waals surface area contributed by atoms with Crippen LogP contribution in [0.15, 0.2) is 59.5 Å². The maximum Gasteiger partial charge on any atom is 0.294 e. The van der Waals surface area contributed by atoms with Crippen molar-refractivity contribution < 1.29 is 22.1 Å². The van der Waals surface area contributed by atoms with Crippen LogP contribution in [0.4, 0.5) is 4.39 Å². The number of hydrogen-bond acceptors (Lipinski definition) is 3. The Hall–Kier alpha value is -2.12. The third kappa shape index (κ3) is 4.18. The van der Waals surface area contributed by atoms with Crippen molar-refractivity contribution in [1.82, 2.24) is 0 Å². The van der Waals surface area contributed by atoms with E-state index in [4.69, 9.17) is 27.9 Å². The molecule has 1 heterocycles. The summed E-state index contributed by atoms with van der Waals surface area (Å²) in [6.45, 7) is 0. The Morgan fingerprint density at radius 1 is 1.07 bits per heavy atom. The second-order valence-corrected chi connectivity index (χ2v) is 9.31. The molecule has 1 aliphatic rings. The van der Waals surface area contributed by atoms with E-state index in [1.807, 2.05) is 0 Å². The van der Waals surface area contributed by atoms with Crippen LogP contribution in [0.1, 0.15) is 17.5 Å². The summed E-state index contributed by atoms with van der Waals surface area (Å²) in [5, 5.41) is 0.786. The molecule has 0 saturated carbocycles. The molecule has 8 heteroatoms.